The maximum absolute atomic E-state index is 14.4. The van der Waals surface area contributed by atoms with E-state index in [1.165, 1.54) is 5.57 Å². The van der Waals surface area contributed by atoms with Crippen LogP contribution in [0.4, 0.5) is 4.39 Å². The van der Waals surface area contributed by atoms with Gasteiger partial charge in [-0.15, -0.1) is 0 Å². The first-order valence-corrected chi connectivity index (χ1v) is 8.99. The van der Waals surface area contributed by atoms with Crippen molar-refractivity contribution >= 4 is 0 Å². The van der Waals surface area contributed by atoms with E-state index in [9.17, 15) is 14.6 Å². The Labute approximate surface area is 137 Å². The molecule has 3 saturated carbocycles. The van der Waals surface area contributed by atoms with Crippen molar-refractivity contribution in [3.63, 3.8) is 0 Å². The molecule has 0 radical (unpaired) electrons. The van der Waals surface area contributed by atoms with E-state index < -0.39 is 12.2 Å². The molecule has 7 atom stereocenters. The molecule has 0 aromatic carbocycles. The lowest BCUT2D eigenvalue weighted by Crippen LogP contribution is -2.50. The molecule has 4 heteroatoms. The molecular formula is C19H28FNO2. The zero-order valence-corrected chi connectivity index (χ0v) is 14.1. The molecule has 128 valence electrons. The van der Waals surface area contributed by atoms with Gasteiger partial charge in [-0.3, -0.25) is 0 Å². The maximum atomic E-state index is 14.4. The van der Waals surface area contributed by atoms with E-state index in [1.807, 2.05) is 6.08 Å². The minimum Gasteiger partial charge on any atom is -0.508 e. The molecule has 0 aromatic rings. The highest BCUT2D eigenvalue weighted by molar-refractivity contribution is 5.42. The molecule has 3 fully saturated rings. The number of fused-ring (bicyclic) bond motifs is 5. The number of rotatable bonds is 0. The van der Waals surface area contributed by atoms with Gasteiger partial charge in [-0.25, -0.2) is 4.39 Å². The van der Waals surface area contributed by atoms with Crippen molar-refractivity contribution in [3.05, 3.63) is 23.0 Å². The first kappa shape index (κ1) is 15.6. The van der Waals surface area contributed by atoms with Crippen LogP contribution in [0.3, 0.4) is 0 Å². The van der Waals surface area contributed by atoms with Crippen molar-refractivity contribution in [1.29, 1.82) is 0 Å². The Hall–Kier alpha value is -0.870. The molecule has 4 rings (SSSR count). The van der Waals surface area contributed by atoms with Gasteiger partial charge in [-0.05, 0) is 72.8 Å². The number of aliphatic hydroxyl groups excluding tert-OH is 2. The molecule has 4 aliphatic carbocycles. The summed E-state index contributed by atoms with van der Waals surface area (Å²) in [5.74, 6) is 0.645. The van der Waals surface area contributed by atoms with Crippen LogP contribution in [0.5, 0.6) is 0 Å². The van der Waals surface area contributed by atoms with Crippen molar-refractivity contribution < 1.29 is 14.6 Å². The van der Waals surface area contributed by atoms with Crippen LogP contribution >= 0.6 is 0 Å². The van der Waals surface area contributed by atoms with Gasteiger partial charge >= 0.3 is 0 Å². The zero-order chi connectivity index (χ0) is 16.6. The number of alkyl halides is 1. The van der Waals surface area contributed by atoms with Gasteiger partial charge in [0.15, 0.2) is 0 Å². The van der Waals surface area contributed by atoms with E-state index in [0.29, 0.717) is 18.6 Å². The van der Waals surface area contributed by atoms with Crippen LogP contribution < -0.4 is 5.73 Å². The fourth-order valence-corrected chi connectivity index (χ4v) is 6.07. The molecule has 0 amide bonds. The first-order chi connectivity index (χ1) is 10.8. The summed E-state index contributed by atoms with van der Waals surface area (Å²) in [6.45, 7) is 4.37. The summed E-state index contributed by atoms with van der Waals surface area (Å²) < 4.78 is 14.4. The average Bonchev–Trinajstić information content (AvgIpc) is 2.73. The van der Waals surface area contributed by atoms with E-state index in [1.54, 1.807) is 0 Å². The van der Waals surface area contributed by atoms with Gasteiger partial charge in [0.1, 0.15) is 11.9 Å². The van der Waals surface area contributed by atoms with E-state index in [-0.39, 0.29) is 28.8 Å². The van der Waals surface area contributed by atoms with Crippen LogP contribution in [-0.2, 0) is 0 Å². The second kappa shape index (κ2) is 4.82. The molecule has 0 unspecified atom stereocenters. The van der Waals surface area contributed by atoms with Crippen molar-refractivity contribution in [2.45, 2.75) is 70.7 Å². The van der Waals surface area contributed by atoms with Crippen molar-refractivity contribution in [3.8, 4) is 0 Å². The smallest absolute Gasteiger partial charge is 0.116 e. The number of halogens is 1. The number of nitrogens with two attached hydrogens (primary N) is 1. The molecule has 4 aliphatic rings. The molecule has 3 nitrogen and oxygen atoms in total. The standard InChI is InChI=1S/C19H28FNO2/c1-18-5-3-11(22)7-10(18)8-15(23)16-12(18)4-6-19(2)13(16)9-14(20)17(19)21/h8,11-14,17,22-23H,3-7,9,21H2,1-2H3/t11-,12-,13-,14+,17-,18-,19-/m0/s1. The second-order valence-electron chi connectivity index (χ2n) is 8.75. The van der Waals surface area contributed by atoms with Gasteiger partial charge in [0.05, 0.1) is 6.10 Å². The summed E-state index contributed by atoms with van der Waals surface area (Å²) in [6.07, 6.45) is 5.32. The van der Waals surface area contributed by atoms with E-state index in [0.717, 1.165) is 31.3 Å². The normalized spacial score (nSPS) is 52.6. The highest BCUT2D eigenvalue weighted by Gasteiger charge is 2.59. The summed E-state index contributed by atoms with van der Waals surface area (Å²) in [6, 6.07) is -0.430. The summed E-state index contributed by atoms with van der Waals surface area (Å²) in [5, 5.41) is 20.7. The summed E-state index contributed by atoms with van der Waals surface area (Å²) in [7, 11) is 0. The SMILES string of the molecule is C[C@]12CC[C@H]3C(=C(O)C=C4C[C@@H](O)CC[C@@]43C)[C@@H]1C[C@@H](F)[C@@H]2N. The van der Waals surface area contributed by atoms with Crippen LogP contribution in [0.1, 0.15) is 52.4 Å². The quantitative estimate of drug-likeness (QED) is 0.641. The van der Waals surface area contributed by atoms with E-state index >= 15 is 0 Å². The lowest BCUT2D eigenvalue weighted by Gasteiger charge is -2.54. The maximum Gasteiger partial charge on any atom is 0.116 e. The van der Waals surface area contributed by atoms with Crippen molar-refractivity contribution in [2.24, 2.45) is 28.4 Å². The lowest BCUT2D eigenvalue weighted by atomic mass is 9.51. The second-order valence-corrected chi connectivity index (χ2v) is 8.75. The Balaban J connectivity index is 1.80. The van der Waals surface area contributed by atoms with E-state index in [2.05, 4.69) is 13.8 Å². The van der Waals surface area contributed by atoms with Crippen LogP contribution in [0.25, 0.3) is 0 Å². The number of allylic oxidation sites excluding steroid dienone is 2. The van der Waals surface area contributed by atoms with Crippen molar-refractivity contribution in [1.82, 2.24) is 0 Å². The largest absolute Gasteiger partial charge is 0.508 e. The molecule has 0 saturated heterocycles. The lowest BCUT2D eigenvalue weighted by molar-refractivity contribution is 0.0486. The molecule has 0 spiro atoms. The van der Waals surface area contributed by atoms with Crippen LogP contribution in [0.15, 0.2) is 23.0 Å². The number of hydrogen-bond donors (Lipinski definition) is 3. The monoisotopic (exact) mass is 321 g/mol. The van der Waals surface area contributed by atoms with Crippen LogP contribution in [-0.4, -0.2) is 28.5 Å². The summed E-state index contributed by atoms with van der Waals surface area (Å²) in [5.41, 5.74) is 8.17. The molecule has 23 heavy (non-hydrogen) atoms. The van der Waals surface area contributed by atoms with Gasteiger partial charge in [-0.2, -0.15) is 0 Å². The molecular weight excluding hydrogens is 293 g/mol. The Kier molecular flexibility index (Phi) is 3.28. The third-order valence-corrected chi connectivity index (χ3v) is 7.69. The Morgan fingerprint density at radius 2 is 1.96 bits per heavy atom. The van der Waals surface area contributed by atoms with Gasteiger partial charge in [0.2, 0.25) is 0 Å². The summed E-state index contributed by atoms with van der Waals surface area (Å²) >= 11 is 0. The Morgan fingerprint density at radius 3 is 2.70 bits per heavy atom. The van der Waals surface area contributed by atoms with Crippen LogP contribution in [0, 0.1) is 22.7 Å². The van der Waals surface area contributed by atoms with Crippen molar-refractivity contribution in [2.75, 3.05) is 0 Å². The molecule has 4 N–H and O–H groups in total. The van der Waals surface area contributed by atoms with Gasteiger partial charge in [0.25, 0.3) is 0 Å². The number of hydrogen-bond acceptors (Lipinski definition) is 3. The van der Waals surface area contributed by atoms with E-state index in [4.69, 9.17) is 5.73 Å². The van der Waals surface area contributed by atoms with Gasteiger partial charge in [0, 0.05) is 6.04 Å². The van der Waals surface area contributed by atoms with Gasteiger partial charge in [-0.1, -0.05) is 19.4 Å². The molecule has 0 heterocycles. The zero-order valence-electron chi connectivity index (χ0n) is 14.1. The molecule has 0 aliphatic heterocycles. The van der Waals surface area contributed by atoms with Crippen LogP contribution in [0.2, 0.25) is 0 Å². The Bertz CT molecular complexity index is 600. The predicted molar refractivity (Wildman–Crippen MR) is 87.5 cm³/mol. The first-order valence-electron chi connectivity index (χ1n) is 8.99. The molecule has 0 aromatic heterocycles. The fourth-order valence-electron chi connectivity index (χ4n) is 6.07. The topological polar surface area (TPSA) is 66.5 Å². The average molecular weight is 321 g/mol. The minimum absolute atomic E-state index is 0.000613. The Morgan fingerprint density at radius 1 is 1.22 bits per heavy atom. The predicted octanol–water partition coefficient (Wildman–Crippen LogP) is 3.39. The van der Waals surface area contributed by atoms with Gasteiger partial charge < -0.3 is 15.9 Å². The minimum atomic E-state index is -0.976. The highest BCUT2D eigenvalue weighted by Crippen LogP contribution is 2.64. The fraction of sp³-hybridized carbons (Fsp3) is 0.789. The summed E-state index contributed by atoms with van der Waals surface area (Å²) in [4.78, 5) is 0. The third kappa shape index (κ3) is 1.94. The highest BCUT2D eigenvalue weighted by atomic mass is 19.1. The molecule has 0 bridgehead atoms. The third-order valence-electron chi connectivity index (χ3n) is 7.69. The number of aliphatic hydroxyl groups is 2.